The van der Waals surface area contributed by atoms with Gasteiger partial charge in [0.15, 0.2) is 5.69 Å². The normalized spacial score (nSPS) is 12.4. The second-order valence-corrected chi connectivity index (χ2v) is 4.20. The van der Waals surface area contributed by atoms with Crippen LogP contribution in [-0.2, 0) is 18.3 Å². The zero-order valence-corrected chi connectivity index (χ0v) is 11.1. The van der Waals surface area contributed by atoms with E-state index in [0.717, 1.165) is 0 Å². The number of carbonyl (C=O) groups excluding carboxylic acids is 1. The first-order valence-electron chi connectivity index (χ1n) is 5.86. The number of esters is 1. The Balaban J connectivity index is 2.48. The van der Waals surface area contributed by atoms with Crippen LogP contribution in [0, 0.1) is 0 Å². The summed E-state index contributed by atoms with van der Waals surface area (Å²) < 4.78 is 7.56. The highest BCUT2D eigenvalue weighted by Gasteiger charge is 2.23. The predicted octanol–water partition coefficient (Wildman–Crippen LogP) is -1.18. The number of hydrogen-bond acceptors (Lipinski definition) is 7. The second-order valence-electron chi connectivity index (χ2n) is 4.20. The van der Waals surface area contributed by atoms with Gasteiger partial charge < -0.3 is 14.9 Å². The maximum absolute atomic E-state index is 11.7. The van der Waals surface area contributed by atoms with Gasteiger partial charge in [-0.15, -0.1) is 5.10 Å². The Bertz CT molecular complexity index is 606. The molecule has 0 amide bonds. The van der Waals surface area contributed by atoms with Gasteiger partial charge in [0.2, 0.25) is 0 Å². The van der Waals surface area contributed by atoms with Gasteiger partial charge in [-0.25, -0.2) is 9.48 Å². The van der Waals surface area contributed by atoms with Gasteiger partial charge in [0.05, 0.1) is 32.6 Å². The Hall–Kier alpha value is -2.26. The maximum Gasteiger partial charge on any atom is 0.360 e. The lowest BCUT2D eigenvalue weighted by Gasteiger charge is -2.09. The van der Waals surface area contributed by atoms with E-state index in [9.17, 15) is 9.90 Å². The molecule has 9 nitrogen and oxygen atoms in total. The number of hydrogen-bond donors (Lipinski definition) is 2. The van der Waals surface area contributed by atoms with Crippen LogP contribution in [0.1, 0.15) is 10.5 Å². The second kappa shape index (κ2) is 5.80. The van der Waals surface area contributed by atoms with E-state index in [1.807, 2.05) is 0 Å². The lowest BCUT2D eigenvalue weighted by Crippen LogP contribution is -2.21. The van der Waals surface area contributed by atoms with Crippen molar-refractivity contribution in [2.45, 2.75) is 12.6 Å². The Morgan fingerprint density at radius 3 is 2.85 bits per heavy atom. The van der Waals surface area contributed by atoms with Crippen LogP contribution in [0.4, 0.5) is 0 Å². The van der Waals surface area contributed by atoms with E-state index < -0.39 is 18.7 Å². The molecule has 0 bridgehead atoms. The molecule has 0 saturated heterocycles. The molecule has 20 heavy (non-hydrogen) atoms. The fourth-order valence-electron chi connectivity index (χ4n) is 1.76. The average molecular weight is 281 g/mol. The average Bonchev–Trinajstić information content (AvgIpc) is 3.03. The van der Waals surface area contributed by atoms with Crippen LogP contribution < -0.4 is 0 Å². The minimum absolute atomic E-state index is 0.00468. The molecular weight excluding hydrogens is 266 g/mol. The standard InChI is InChI=1S/C11H15N5O4/c1-15-4-7(3-12-15)10-9(11(19)20-2)13-14-16(10)5-8(18)6-17/h3-4,8,17-18H,5-6H2,1-2H3. The molecular formula is C11H15N5O4. The van der Waals surface area contributed by atoms with E-state index in [4.69, 9.17) is 5.11 Å². The number of nitrogens with zero attached hydrogens (tertiary/aromatic N) is 5. The molecule has 0 aliphatic heterocycles. The number of methoxy groups -OCH3 is 1. The lowest BCUT2D eigenvalue weighted by molar-refractivity contribution is 0.0594. The SMILES string of the molecule is COC(=O)c1nnn(CC(O)CO)c1-c1cnn(C)c1. The minimum Gasteiger partial charge on any atom is -0.464 e. The Kier molecular flexibility index (Phi) is 4.11. The molecule has 0 radical (unpaired) electrons. The molecule has 0 spiro atoms. The number of aliphatic hydroxyl groups excluding tert-OH is 2. The zero-order valence-electron chi connectivity index (χ0n) is 11.1. The molecule has 0 saturated carbocycles. The van der Waals surface area contributed by atoms with Crippen LogP contribution >= 0.6 is 0 Å². The van der Waals surface area contributed by atoms with Crippen molar-refractivity contribution in [1.29, 1.82) is 0 Å². The summed E-state index contributed by atoms with van der Waals surface area (Å²) in [6.45, 7) is -0.412. The molecule has 0 aliphatic rings. The summed E-state index contributed by atoms with van der Waals surface area (Å²) in [4.78, 5) is 11.7. The van der Waals surface area contributed by atoms with E-state index >= 15 is 0 Å². The van der Waals surface area contributed by atoms with Gasteiger partial charge in [-0.1, -0.05) is 5.21 Å². The van der Waals surface area contributed by atoms with Crippen molar-refractivity contribution in [2.75, 3.05) is 13.7 Å². The molecule has 0 aromatic carbocycles. The van der Waals surface area contributed by atoms with Gasteiger partial charge in [-0.3, -0.25) is 4.68 Å². The molecule has 2 N–H and O–H groups in total. The number of rotatable bonds is 5. The van der Waals surface area contributed by atoms with Crippen LogP contribution in [0.15, 0.2) is 12.4 Å². The van der Waals surface area contributed by atoms with Crippen molar-refractivity contribution in [3.05, 3.63) is 18.1 Å². The highest BCUT2D eigenvalue weighted by Crippen LogP contribution is 2.22. The fourth-order valence-corrected chi connectivity index (χ4v) is 1.76. The molecule has 0 aliphatic carbocycles. The monoisotopic (exact) mass is 281 g/mol. The number of aryl methyl sites for hydroxylation is 1. The van der Waals surface area contributed by atoms with Crippen molar-refractivity contribution in [3.8, 4) is 11.3 Å². The quantitative estimate of drug-likeness (QED) is 0.663. The molecule has 1 unspecified atom stereocenters. The van der Waals surface area contributed by atoms with Crippen LogP contribution in [0.2, 0.25) is 0 Å². The van der Waals surface area contributed by atoms with Crippen molar-refractivity contribution >= 4 is 5.97 Å². The van der Waals surface area contributed by atoms with E-state index in [-0.39, 0.29) is 12.2 Å². The minimum atomic E-state index is -1.00. The van der Waals surface area contributed by atoms with Gasteiger partial charge in [0, 0.05) is 18.8 Å². The van der Waals surface area contributed by atoms with Crippen LogP contribution in [0.3, 0.4) is 0 Å². The van der Waals surface area contributed by atoms with Crippen LogP contribution in [-0.4, -0.2) is 60.8 Å². The topological polar surface area (TPSA) is 115 Å². The van der Waals surface area contributed by atoms with Crippen LogP contribution in [0.5, 0.6) is 0 Å². The third-order valence-corrected chi connectivity index (χ3v) is 2.69. The zero-order chi connectivity index (χ0) is 14.7. The van der Waals surface area contributed by atoms with Gasteiger partial charge in [0.1, 0.15) is 5.69 Å². The largest absolute Gasteiger partial charge is 0.464 e. The van der Waals surface area contributed by atoms with Gasteiger partial charge in [-0.2, -0.15) is 5.10 Å². The Morgan fingerprint density at radius 1 is 1.55 bits per heavy atom. The van der Waals surface area contributed by atoms with E-state index in [1.54, 1.807) is 24.1 Å². The molecule has 2 heterocycles. The smallest absolute Gasteiger partial charge is 0.360 e. The first-order valence-corrected chi connectivity index (χ1v) is 5.86. The van der Waals surface area contributed by atoms with Crippen molar-refractivity contribution in [2.24, 2.45) is 7.05 Å². The molecule has 108 valence electrons. The lowest BCUT2D eigenvalue weighted by atomic mass is 10.2. The van der Waals surface area contributed by atoms with Crippen molar-refractivity contribution < 1.29 is 19.7 Å². The number of ether oxygens (including phenoxy) is 1. The summed E-state index contributed by atoms with van der Waals surface area (Å²) in [5, 5.41) is 30.0. The summed E-state index contributed by atoms with van der Waals surface area (Å²) in [5.41, 5.74) is 1.03. The van der Waals surface area contributed by atoms with Crippen molar-refractivity contribution in [1.82, 2.24) is 24.8 Å². The molecule has 1 atom stereocenters. The molecule has 2 aromatic rings. The Morgan fingerprint density at radius 2 is 2.30 bits per heavy atom. The van der Waals surface area contributed by atoms with E-state index in [2.05, 4.69) is 20.1 Å². The van der Waals surface area contributed by atoms with Gasteiger partial charge in [-0.05, 0) is 0 Å². The molecule has 9 heteroatoms. The first kappa shape index (κ1) is 14.2. The first-order chi connectivity index (χ1) is 9.56. The van der Waals surface area contributed by atoms with Gasteiger partial charge >= 0.3 is 5.97 Å². The summed E-state index contributed by atoms with van der Waals surface area (Å²) >= 11 is 0. The molecule has 0 fully saturated rings. The Labute approximate surface area is 114 Å². The predicted molar refractivity (Wildman–Crippen MR) is 66.7 cm³/mol. The van der Waals surface area contributed by atoms with E-state index in [0.29, 0.717) is 11.3 Å². The number of aliphatic hydroxyl groups is 2. The summed E-state index contributed by atoms with van der Waals surface area (Å²) in [6, 6.07) is 0. The summed E-state index contributed by atoms with van der Waals surface area (Å²) in [6.07, 6.45) is 2.23. The summed E-state index contributed by atoms with van der Waals surface area (Å²) in [7, 11) is 2.98. The number of carbonyl (C=O) groups is 1. The third-order valence-electron chi connectivity index (χ3n) is 2.69. The van der Waals surface area contributed by atoms with E-state index in [1.165, 1.54) is 11.8 Å². The summed E-state index contributed by atoms with van der Waals surface area (Å²) in [5.74, 6) is -0.631. The van der Waals surface area contributed by atoms with Crippen LogP contribution in [0.25, 0.3) is 11.3 Å². The maximum atomic E-state index is 11.7. The molecule has 2 aromatic heterocycles. The number of aromatic nitrogens is 5. The highest BCUT2D eigenvalue weighted by atomic mass is 16.5. The van der Waals surface area contributed by atoms with Crippen molar-refractivity contribution in [3.63, 3.8) is 0 Å². The highest BCUT2D eigenvalue weighted by molar-refractivity contribution is 5.93. The third kappa shape index (κ3) is 2.68. The molecule has 2 rings (SSSR count). The van der Waals surface area contributed by atoms with Gasteiger partial charge in [0.25, 0.3) is 0 Å². The fraction of sp³-hybridized carbons (Fsp3) is 0.455.